The minimum Gasteiger partial charge on any atom is -0.330 e. The van der Waals surface area contributed by atoms with Crippen LogP contribution in [-0.2, 0) is 12.6 Å². The van der Waals surface area contributed by atoms with Crippen LogP contribution in [0.4, 0.5) is 13.2 Å². The number of nitrogens with two attached hydrogens (primary N) is 1. The van der Waals surface area contributed by atoms with Crippen molar-refractivity contribution in [1.29, 1.82) is 0 Å². The molecule has 0 amide bonds. The van der Waals surface area contributed by atoms with Crippen LogP contribution in [-0.4, -0.2) is 21.5 Å². The van der Waals surface area contributed by atoms with Gasteiger partial charge in [0, 0.05) is 6.42 Å². The molecule has 2 N–H and O–H groups in total. The summed E-state index contributed by atoms with van der Waals surface area (Å²) in [6.45, 7) is 0.145. The van der Waals surface area contributed by atoms with Gasteiger partial charge in [0.1, 0.15) is 0 Å². The molecule has 0 unspecified atom stereocenters. The molecule has 7 heteroatoms. The molecule has 1 fully saturated rings. The quantitative estimate of drug-likeness (QED) is 0.889. The first-order valence-corrected chi connectivity index (χ1v) is 5.75. The highest BCUT2D eigenvalue weighted by Gasteiger charge is 2.40. The van der Waals surface area contributed by atoms with E-state index in [9.17, 15) is 13.2 Å². The number of aromatic nitrogens is 3. The van der Waals surface area contributed by atoms with E-state index in [1.165, 1.54) is 0 Å². The van der Waals surface area contributed by atoms with Gasteiger partial charge >= 0.3 is 6.18 Å². The fourth-order valence-electron chi connectivity index (χ4n) is 2.33. The van der Waals surface area contributed by atoms with Gasteiger partial charge in [0.15, 0.2) is 5.69 Å². The molecule has 2 rings (SSSR count). The lowest BCUT2D eigenvalue weighted by molar-refractivity contribution is -0.145. The zero-order valence-corrected chi connectivity index (χ0v) is 9.37. The van der Waals surface area contributed by atoms with Crippen LogP contribution in [0.3, 0.4) is 0 Å². The predicted molar refractivity (Wildman–Crippen MR) is 55.3 cm³/mol. The number of hydrogen-bond donors (Lipinski definition) is 1. The van der Waals surface area contributed by atoms with Gasteiger partial charge in [-0.15, -0.1) is 5.10 Å². The molecule has 0 spiro atoms. The molecule has 1 aromatic rings. The summed E-state index contributed by atoms with van der Waals surface area (Å²) in [5, 5.41) is 7.30. The van der Waals surface area contributed by atoms with Crippen LogP contribution in [0.15, 0.2) is 0 Å². The van der Waals surface area contributed by atoms with E-state index >= 15 is 0 Å². The van der Waals surface area contributed by atoms with E-state index in [1.807, 2.05) is 0 Å². The molecule has 1 saturated carbocycles. The van der Waals surface area contributed by atoms with Crippen molar-refractivity contribution in [3.8, 4) is 0 Å². The zero-order chi connectivity index (χ0) is 12.5. The van der Waals surface area contributed by atoms with Crippen molar-refractivity contribution < 1.29 is 13.2 Å². The third-order valence-corrected chi connectivity index (χ3v) is 3.08. The van der Waals surface area contributed by atoms with Crippen LogP contribution >= 0.6 is 0 Å². The molecular weight excluding hydrogens is 233 g/mol. The topological polar surface area (TPSA) is 56.7 Å². The average molecular weight is 248 g/mol. The third-order valence-electron chi connectivity index (χ3n) is 3.08. The second-order valence-electron chi connectivity index (χ2n) is 4.30. The molecule has 0 aromatic carbocycles. The van der Waals surface area contributed by atoms with Gasteiger partial charge in [-0.05, 0) is 19.4 Å². The van der Waals surface area contributed by atoms with E-state index in [0.717, 1.165) is 30.4 Å². The van der Waals surface area contributed by atoms with Gasteiger partial charge in [-0.3, -0.25) is 0 Å². The summed E-state index contributed by atoms with van der Waals surface area (Å²) in [4.78, 5) is 0. The van der Waals surface area contributed by atoms with Crippen molar-refractivity contribution in [1.82, 2.24) is 15.0 Å². The maximum Gasteiger partial charge on any atom is 0.434 e. The lowest BCUT2D eigenvalue weighted by atomic mass is 10.2. The normalized spacial score (nSPS) is 17.9. The summed E-state index contributed by atoms with van der Waals surface area (Å²) < 4.78 is 40.0. The first-order valence-electron chi connectivity index (χ1n) is 5.75. The largest absolute Gasteiger partial charge is 0.434 e. The second-order valence-corrected chi connectivity index (χ2v) is 4.30. The summed E-state index contributed by atoms with van der Waals surface area (Å²) in [5.74, 6) is 0. The molecule has 0 radical (unpaired) electrons. The van der Waals surface area contributed by atoms with E-state index in [1.54, 1.807) is 0 Å². The SMILES string of the molecule is NCCc1nnn(C2CCCC2)c1C(F)(F)F. The van der Waals surface area contributed by atoms with Crippen molar-refractivity contribution in [2.45, 2.75) is 44.3 Å². The first-order chi connectivity index (χ1) is 8.04. The van der Waals surface area contributed by atoms with Crippen molar-refractivity contribution in [3.05, 3.63) is 11.4 Å². The monoisotopic (exact) mass is 248 g/mol. The van der Waals surface area contributed by atoms with E-state index in [4.69, 9.17) is 5.73 Å². The molecular formula is C10H15F3N4. The van der Waals surface area contributed by atoms with Crippen LogP contribution < -0.4 is 5.73 Å². The number of alkyl halides is 3. The highest BCUT2D eigenvalue weighted by Crippen LogP contribution is 2.37. The third kappa shape index (κ3) is 2.43. The molecule has 1 aromatic heterocycles. The Morgan fingerprint density at radius 2 is 1.94 bits per heavy atom. The molecule has 0 bridgehead atoms. The molecule has 1 heterocycles. The minimum absolute atomic E-state index is 0.0353. The Bertz CT molecular complexity index is 379. The van der Waals surface area contributed by atoms with Gasteiger partial charge in [0.25, 0.3) is 0 Å². The molecule has 0 atom stereocenters. The number of halogens is 3. The van der Waals surface area contributed by atoms with Crippen LogP contribution in [0.5, 0.6) is 0 Å². The Morgan fingerprint density at radius 3 is 2.47 bits per heavy atom. The summed E-state index contributed by atoms with van der Waals surface area (Å²) in [6, 6.07) is -0.161. The molecule has 0 aliphatic heterocycles. The Hall–Kier alpha value is -1.11. The lowest BCUT2D eigenvalue weighted by Gasteiger charge is -2.15. The van der Waals surface area contributed by atoms with Crippen molar-refractivity contribution in [2.24, 2.45) is 5.73 Å². The molecule has 1 aliphatic rings. The number of hydrogen-bond acceptors (Lipinski definition) is 3. The highest BCUT2D eigenvalue weighted by molar-refractivity contribution is 5.15. The standard InChI is InChI=1S/C10H15F3N4/c11-10(12,13)9-8(5-6-14)15-16-17(9)7-3-1-2-4-7/h7H,1-6,14H2. The van der Waals surface area contributed by atoms with Crippen molar-refractivity contribution in [2.75, 3.05) is 6.54 Å². The Morgan fingerprint density at radius 1 is 1.29 bits per heavy atom. The molecule has 17 heavy (non-hydrogen) atoms. The minimum atomic E-state index is -4.41. The van der Waals surface area contributed by atoms with Gasteiger partial charge in [-0.1, -0.05) is 18.1 Å². The summed E-state index contributed by atoms with van der Waals surface area (Å²) in [6.07, 6.45) is -0.900. The highest BCUT2D eigenvalue weighted by atomic mass is 19.4. The average Bonchev–Trinajstić information content (AvgIpc) is 2.82. The van der Waals surface area contributed by atoms with E-state index < -0.39 is 11.9 Å². The summed E-state index contributed by atoms with van der Waals surface area (Å²) in [5.41, 5.74) is 4.54. The van der Waals surface area contributed by atoms with Gasteiger partial charge < -0.3 is 5.73 Å². The fourth-order valence-corrected chi connectivity index (χ4v) is 2.33. The summed E-state index contributed by atoms with van der Waals surface area (Å²) in [7, 11) is 0. The Labute approximate surface area is 97.0 Å². The molecule has 0 saturated heterocycles. The summed E-state index contributed by atoms with van der Waals surface area (Å²) >= 11 is 0. The van der Waals surface area contributed by atoms with Crippen LogP contribution in [0.1, 0.15) is 43.1 Å². The Balaban J connectivity index is 2.37. The number of rotatable bonds is 3. The van der Waals surface area contributed by atoms with E-state index in [2.05, 4.69) is 10.3 Å². The maximum atomic E-state index is 13.0. The van der Waals surface area contributed by atoms with Crippen LogP contribution in [0.25, 0.3) is 0 Å². The Kier molecular flexibility index (Phi) is 3.37. The smallest absolute Gasteiger partial charge is 0.330 e. The lowest BCUT2D eigenvalue weighted by Crippen LogP contribution is -2.20. The van der Waals surface area contributed by atoms with Gasteiger partial charge in [0.05, 0.1) is 11.7 Å². The van der Waals surface area contributed by atoms with Crippen molar-refractivity contribution >= 4 is 0 Å². The van der Waals surface area contributed by atoms with Crippen molar-refractivity contribution in [3.63, 3.8) is 0 Å². The van der Waals surface area contributed by atoms with Gasteiger partial charge in [0.2, 0.25) is 0 Å². The van der Waals surface area contributed by atoms with E-state index in [0.29, 0.717) is 0 Å². The van der Waals surface area contributed by atoms with Gasteiger partial charge in [-0.25, -0.2) is 4.68 Å². The van der Waals surface area contributed by atoms with E-state index in [-0.39, 0.29) is 24.7 Å². The molecule has 1 aliphatic carbocycles. The number of nitrogens with zero attached hydrogens (tertiary/aromatic N) is 3. The second kappa shape index (κ2) is 4.64. The zero-order valence-electron chi connectivity index (χ0n) is 9.37. The van der Waals surface area contributed by atoms with Gasteiger partial charge in [-0.2, -0.15) is 13.2 Å². The first kappa shape index (κ1) is 12.3. The molecule has 4 nitrogen and oxygen atoms in total. The predicted octanol–water partition coefficient (Wildman–Crippen LogP) is 1.91. The van der Waals surface area contributed by atoms with Crippen LogP contribution in [0, 0.1) is 0 Å². The maximum absolute atomic E-state index is 13.0. The molecule has 96 valence electrons. The van der Waals surface area contributed by atoms with Crippen LogP contribution in [0.2, 0.25) is 0 Å². The fraction of sp³-hybridized carbons (Fsp3) is 0.800.